The number of nitrogens with two attached hydrogens (primary N) is 1. The van der Waals surface area contributed by atoms with E-state index in [1.54, 1.807) is 6.20 Å². The van der Waals surface area contributed by atoms with Gasteiger partial charge in [-0.15, -0.1) is 0 Å². The maximum atomic E-state index is 12.4. The standard InChI is InChI=1S/C21H18N4O2S2/c1-2-27-20(15-5-3-4-6-16(15)22)29-21-25-19(26)18(28-21)10-13-7-8-17-14(9-13)11-23-12-24-17/h3-12,20H,2,22H2,1H3. The molecule has 2 N–H and O–H groups in total. The number of thioether (sulfide) groups is 2. The second-order valence-corrected chi connectivity index (χ2v) is 8.51. The van der Waals surface area contributed by atoms with Crippen LogP contribution in [0.25, 0.3) is 17.0 Å². The predicted octanol–water partition coefficient (Wildman–Crippen LogP) is 4.65. The number of hydrogen-bond donors (Lipinski definition) is 1. The van der Waals surface area contributed by atoms with Crippen molar-refractivity contribution in [3.05, 3.63) is 71.0 Å². The van der Waals surface area contributed by atoms with Gasteiger partial charge in [0.05, 0.1) is 10.4 Å². The average molecular weight is 423 g/mol. The van der Waals surface area contributed by atoms with Gasteiger partial charge >= 0.3 is 0 Å². The maximum absolute atomic E-state index is 12.4. The molecule has 4 rings (SSSR count). The van der Waals surface area contributed by atoms with Crippen molar-refractivity contribution in [2.75, 3.05) is 12.3 Å². The lowest BCUT2D eigenvalue weighted by Crippen LogP contribution is -2.05. The molecule has 1 atom stereocenters. The summed E-state index contributed by atoms with van der Waals surface area (Å²) in [7, 11) is 0. The molecule has 146 valence electrons. The smallest absolute Gasteiger partial charge is 0.285 e. The number of nitrogens with zero attached hydrogens (tertiary/aromatic N) is 3. The average Bonchev–Trinajstić information content (AvgIpc) is 3.07. The number of hydrogen-bond acceptors (Lipinski definition) is 7. The summed E-state index contributed by atoms with van der Waals surface area (Å²) in [6, 6.07) is 13.4. The molecular formula is C21H18N4O2S2. The van der Waals surface area contributed by atoms with Gasteiger partial charge in [-0.2, -0.15) is 4.99 Å². The van der Waals surface area contributed by atoms with Gasteiger partial charge in [0.25, 0.3) is 5.91 Å². The van der Waals surface area contributed by atoms with Crippen molar-refractivity contribution in [3.63, 3.8) is 0 Å². The summed E-state index contributed by atoms with van der Waals surface area (Å²) in [5, 5.41) is 0.920. The minimum atomic E-state index is -0.322. The minimum absolute atomic E-state index is 0.252. The van der Waals surface area contributed by atoms with Gasteiger partial charge < -0.3 is 10.5 Å². The summed E-state index contributed by atoms with van der Waals surface area (Å²) < 4.78 is 6.50. The number of fused-ring (bicyclic) bond motifs is 1. The highest BCUT2D eigenvalue weighted by Crippen LogP contribution is 2.42. The molecule has 29 heavy (non-hydrogen) atoms. The molecule has 0 radical (unpaired) electrons. The molecule has 6 nitrogen and oxygen atoms in total. The third-order valence-corrected chi connectivity index (χ3v) is 6.42. The lowest BCUT2D eigenvalue weighted by molar-refractivity contribution is -0.113. The fraction of sp³-hybridized carbons (Fsp3) is 0.143. The molecule has 0 fully saturated rings. The van der Waals surface area contributed by atoms with Crippen LogP contribution < -0.4 is 5.73 Å². The Bertz CT molecular complexity index is 1130. The normalized spacial score (nSPS) is 16.4. The third-order valence-electron chi connectivity index (χ3n) is 4.20. The molecule has 0 aliphatic carbocycles. The second-order valence-electron chi connectivity index (χ2n) is 6.17. The Morgan fingerprint density at radius 3 is 2.97 bits per heavy atom. The summed E-state index contributed by atoms with van der Waals surface area (Å²) >= 11 is 2.74. The molecule has 2 aromatic carbocycles. The van der Waals surface area contributed by atoms with E-state index in [4.69, 9.17) is 10.5 Å². The number of benzene rings is 2. The van der Waals surface area contributed by atoms with E-state index >= 15 is 0 Å². The number of carbonyl (C=O) groups excluding carboxylic acids is 1. The first-order valence-electron chi connectivity index (χ1n) is 8.99. The molecule has 1 aliphatic heterocycles. The van der Waals surface area contributed by atoms with Crippen LogP contribution in [-0.4, -0.2) is 26.9 Å². The molecule has 1 aromatic heterocycles. The minimum Gasteiger partial charge on any atom is -0.398 e. The van der Waals surface area contributed by atoms with Crippen LogP contribution in [0.1, 0.15) is 23.5 Å². The zero-order chi connectivity index (χ0) is 20.2. The second kappa shape index (κ2) is 8.77. The maximum Gasteiger partial charge on any atom is 0.285 e. The molecule has 1 unspecified atom stereocenters. The number of amides is 1. The van der Waals surface area contributed by atoms with Crippen LogP contribution in [0.5, 0.6) is 0 Å². The van der Waals surface area contributed by atoms with E-state index in [9.17, 15) is 4.79 Å². The van der Waals surface area contributed by atoms with Crippen LogP contribution in [0, 0.1) is 0 Å². The molecule has 1 aliphatic rings. The first-order chi connectivity index (χ1) is 14.1. The monoisotopic (exact) mass is 422 g/mol. The zero-order valence-electron chi connectivity index (χ0n) is 15.6. The van der Waals surface area contributed by atoms with Gasteiger partial charge in [0.1, 0.15) is 16.1 Å². The highest BCUT2D eigenvalue weighted by Gasteiger charge is 2.26. The largest absolute Gasteiger partial charge is 0.398 e. The number of anilines is 1. The zero-order valence-corrected chi connectivity index (χ0v) is 17.2. The van der Waals surface area contributed by atoms with Gasteiger partial charge in [-0.25, -0.2) is 9.97 Å². The summed E-state index contributed by atoms with van der Waals surface area (Å²) in [6.07, 6.45) is 5.11. The first kappa shape index (κ1) is 19.6. The van der Waals surface area contributed by atoms with E-state index in [2.05, 4.69) is 15.0 Å². The van der Waals surface area contributed by atoms with Crippen molar-refractivity contribution >= 4 is 56.5 Å². The Morgan fingerprint density at radius 2 is 2.14 bits per heavy atom. The van der Waals surface area contributed by atoms with Crippen molar-refractivity contribution in [3.8, 4) is 0 Å². The number of aromatic nitrogens is 2. The molecule has 8 heteroatoms. The highest BCUT2D eigenvalue weighted by molar-refractivity contribution is 8.41. The topological polar surface area (TPSA) is 90.5 Å². The Kier molecular flexibility index (Phi) is 5.94. The predicted molar refractivity (Wildman–Crippen MR) is 120 cm³/mol. The van der Waals surface area contributed by atoms with E-state index in [1.807, 2.05) is 55.5 Å². The number of ether oxygens (including phenoxy) is 1. The summed E-state index contributed by atoms with van der Waals surface area (Å²) in [5.74, 6) is -0.252. The van der Waals surface area contributed by atoms with Crippen LogP contribution >= 0.6 is 23.5 Å². The SMILES string of the molecule is CCOC(SC1=NC(=O)C(=Cc2ccc3ncncc3c2)S1)c1ccccc1N. The van der Waals surface area contributed by atoms with Gasteiger partial charge in [-0.3, -0.25) is 4.79 Å². The number of nitrogen functional groups attached to an aromatic ring is 1. The van der Waals surface area contributed by atoms with Crippen molar-refractivity contribution in [1.82, 2.24) is 9.97 Å². The Balaban J connectivity index is 1.53. The van der Waals surface area contributed by atoms with Crippen LogP contribution in [-0.2, 0) is 9.53 Å². The van der Waals surface area contributed by atoms with Crippen LogP contribution in [0.4, 0.5) is 5.69 Å². The number of aliphatic imine (C=N–C) groups is 1. The molecule has 1 amide bonds. The van der Waals surface area contributed by atoms with Gasteiger partial charge in [0.15, 0.2) is 0 Å². The number of carbonyl (C=O) groups is 1. The summed E-state index contributed by atoms with van der Waals surface area (Å²) in [6.45, 7) is 2.45. The molecule has 0 saturated heterocycles. The van der Waals surface area contributed by atoms with Crippen molar-refractivity contribution in [2.45, 2.75) is 12.4 Å². The Morgan fingerprint density at radius 1 is 1.28 bits per heavy atom. The number of rotatable bonds is 5. The molecule has 0 bridgehead atoms. The molecule has 0 spiro atoms. The first-order valence-corrected chi connectivity index (χ1v) is 10.7. The third kappa shape index (κ3) is 4.50. The Hall–Kier alpha value is -2.68. The fourth-order valence-electron chi connectivity index (χ4n) is 2.84. The van der Waals surface area contributed by atoms with Gasteiger partial charge in [-0.05, 0) is 36.8 Å². The van der Waals surface area contributed by atoms with Crippen LogP contribution in [0.3, 0.4) is 0 Å². The molecule has 2 heterocycles. The lowest BCUT2D eigenvalue weighted by atomic mass is 10.1. The van der Waals surface area contributed by atoms with E-state index in [-0.39, 0.29) is 11.3 Å². The lowest BCUT2D eigenvalue weighted by Gasteiger charge is -2.18. The summed E-state index contributed by atoms with van der Waals surface area (Å²) in [4.78, 5) is 25.4. The van der Waals surface area contributed by atoms with E-state index in [0.29, 0.717) is 21.6 Å². The van der Waals surface area contributed by atoms with Crippen molar-refractivity contribution in [1.29, 1.82) is 0 Å². The van der Waals surface area contributed by atoms with Gasteiger partial charge in [0, 0.05) is 29.4 Å². The molecular weight excluding hydrogens is 404 g/mol. The summed E-state index contributed by atoms with van der Waals surface area (Å²) in [5.41, 5.74) is 9.07. The Labute approximate surface area is 176 Å². The van der Waals surface area contributed by atoms with Gasteiger partial charge in [0.2, 0.25) is 0 Å². The number of para-hydroxylation sites is 1. The molecule has 0 saturated carbocycles. The highest BCUT2D eigenvalue weighted by atomic mass is 32.2. The quantitative estimate of drug-likeness (QED) is 0.363. The van der Waals surface area contributed by atoms with Crippen molar-refractivity contribution < 1.29 is 9.53 Å². The van der Waals surface area contributed by atoms with E-state index < -0.39 is 0 Å². The van der Waals surface area contributed by atoms with E-state index in [0.717, 1.165) is 22.0 Å². The van der Waals surface area contributed by atoms with Crippen LogP contribution in [0.15, 0.2) is 64.9 Å². The van der Waals surface area contributed by atoms with Crippen molar-refractivity contribution in [2.24, 2.45) is 4.99 Å². The van der Waals surface area contributed by atoms with E-state index in [1.165, 1.54) is 29.9 Å². The van der Waals surface area contributed by atoms with Crippen LogP contribution in [0.2, 0.25) is 0 Å². The molecule has 3 aromatic rings. The fourth-order valence-corrected chi connectivity index (χ4v) is 5.07. The van der Waals surface area contributed by atoms with Gasteiger partial charge in [-0.1, -0.05) is 47.8 Å².